The predicted molar refractivity (Wildman–Crippen MR) is 125 cm³/mol. The van der Waals surface area contributed by atoms with Crippen molar-refractivity contribution in [3.63, 3.8) is 0 Å². The lowest BCUT2D eigenvalue weighted by Gasteiger charge is -2.37. The number of benzene rings is 2. The van der Waals surface area contributed by atoms with E-state index in [1.54, 1.807) is 0 Å². The van der Waals surface area contributed by atoms with Gasteiger partial charge in [0.15, 0.2) is 0 Å². The number of carbonyl (C=O) groups is 3. The van der Waals surface area contributed by atoms with Crippen LogP contribution < -0.4 is 5.32 Å². The van der Waals surface area contributed by atoms with Gasteiger partial charge in [0.2, 0.25) is 17.7 Å². The summed E-state index contributed by atoms with van der Waals surface area (Å²) in [7, 11) is 0. The summed E-state index contributed by atoms with van der Waals surface area (Å²) in [5.74, 6) is 0.150. The van der Waals surface area contributed by atoms with Crippen molar-refractivity contribution >= 4 is 23.4 Å². The highest BCUT2D eigenvalue weighted by Gasteiger charge is 2.67. The molecule has 7 rings (SSSR count). The Kier molecular flexibility index (Phi) is 4.75. The van der Waals surface area contributed by atoms with Crippen molar-refractivity contribution in [3.05, 3.63) is 77.9 Å². The van der Waals surface area contributed by atoms with E-state index < -0.39 is 6.04 Å². The summed E-state index contributed by atoms with van der Waals surface area (Å²) in [4.78, 5) is 42.4. The molecule has 2 aromatic carbocycles. The standard InChI is InChI=1S/C28H28N2O3/c1-2-17-10-6-7-11-22(17)29-26(31)23(14-16-8-4-3-5-9-16)30-27(32)24-18-12-13-19(21-15-20(18)21)25(24)28(30)33/h3-13,18-21,23-25H,2,14-15H2,1H3,(H,29,31)/t18-,19-,20-,21-,23-,24-,25+/m1/s1. The topological polar surface area (TPSA) is 66.5 Å². The molecule has 5 nitrogen and oxygen atoms in total. The highest BCUT2D eigenvalue weighted by molar-refractivity contribution is 6.10. The molecule has 33 heavy (non-hydrogen) atoms. The molecule has 4 aliphatic carbocycles. The number of para-hydroxylation sites is 1. The molecule has 5 aliphatic rings. The zero-order valence-corrected chi connectivity index (χ0v) is 18.7. The number of carbonyl (C=O) groups excluding carboxylic acids is 3. The Morgan fingerprint density at radius 3 is 2.18 bits per heavy atom. The van der Waals surface area contributed by atoms with E-state index in [1.165, 1.54) is 4.90 Å². The van der Waals surface area contributed by atoms with Gasteiger partial charge in [0, 0.05) is 12.1 Å². The number of allylic oxidation sites excluding steroid dienone is 2. The van der Waals surface area contributed by atoms with Crippen molar-refractivity contribution < 1.29 is 14.4 Å². The van der Waals surface area contributed by atoms with Crippen molar-refractivity contribution in [1.29, 1.82) is 0 Å². The molecule has 1 heterocycles. The van der Waals surface area contributed by atoms with E-state index in [1.807, 2.05) is 61.5 Å². The second-order valence-electron chi connectivity index (χ2n) is 9.91. The van der Waals surface area contributed by atoms with Crippen molar-refractivity contribution in [3.8, 4) is 0 Å². The predicted octanol–water partition coefficient (Wildman–Crippen LogP) is 3.85. The fraction of sp³-hybridized carbons (Fsp3) is 0.393. The van der Waals surface area contributed by atoms with Crippen molar-refractivity contribution in [2.45, 2.75) is 32.2 Å². The first-order chi connectivity index (χ1) is 16.1. The van der Waals surface area contributed by atoms with Crippen molar-refractivity contribution in [2.75, 3.05) is 5.32 Å². The van der Waals surface area contributed by atoms with Crippen LogP contribution in [0, 0.1) is 35.5 Å². The maximum absolute atomic E-state index is 13.7. The van der Waals surface area contributed by atoms with Crippen LogP contribution in [0.15, 0.2) is 66.7 Å². The largest absolute Gasteiger partial charge is 0.324 e. The van der Waals surface area contributed by atoms with Crippen LogP contribution in [0.2, 0.25) is 0 Å². The van der Waals surface area contributed by atoms with Gasteiger partial charge in [0.1, 0.15) is 6.04 Å². The summed E-state index contributed by atoms with van der Waals surface area (Å²) in [6.45, 7) is 2.04. The molecular formula is C28H28N2O3. The molecule has 1 saturated heterocycles. The number of aryl methyl sites for hydroxylation is 1. The van der Waals surface area contributed by atoms with Gasteiger partial charge in [-0.15, -0.1) is 0 Å². The molecule has 0 unspecified atom stereocenters. The third-order valence-electron chi connectivity index (χ3n) is 8.24. The molecular weight excluding hydrogens is 412 g/mol. The number of nitrogens with zero attached hydrogens (tertiary/aromatic N) is 1. The third-order valence-corrected chi connectivity index (χ3v) is 8.24. The van der Waals surface area contributed by atoms with Gasteiger partial charge in [0.25, 0.3) is 0 Å². The number of hydrogen-bond acceptors (Lipinski definition) is 3. The second kappa shape index (κ2) is 7.68. The molecule has 7 atom stereocenters. The quantitative estimate of drug-likeness (QED) is 0.548. The van der Waals surface area contributed by atoms with Crippen LogP contribution in [-0.2, 0) is 27.2 Å². The van der Waals surface area contributed by atoms with Gasteiger partial charge in [-0.25, -0.2) is 0 Å². The van der Waals surface area contributed by atoms with Crippen LogP contribution in [0.3, 0.4) is 0 Å². The molecule has 2 bridgehead atoms. The van der Waals surface area contributed by atoms with Crippen LogP contribution >= 0.6 is 0 Å². The van der Waals surface area contributed by atoms with Crippen LogP contribution in [0.1, 0.15) is 24.5 Å². The Labute approximate surface area is 193 Å². The zero-order valence-electron chi connectivity index (χ0n) is 18.7. The molecule has 2 aromatic rings. The summed E-state index contributed by atoms with van der Waals surface area (Å²) in [6, 6.07) is 16.5. The molecule has 1 N–H and O–H groups in total. The summed E-state index contributed by atoms with van der Waals surface area (Å²) < 4.78 is 0. The van der Waals surface area contributed by atoms with Crippen LogP contribution in [-0.4, -0.2) is 28.7 Å². The molecule has 2 saturated carbocycles. The smallest absolute Gasteiger partial charge is 0.248 e. The number of imide groups is 1. The monoisotopic (exact) mass is 440 g/mol. The minimum atomic E-state index is -0.862. The number of nitrogens with one attached hydrogen (secondary N) is 1. The second-order valence-corrected chi connectivity index (χ2v) is 9.91. The summed E-state index contributed by atoms with van der Waals surface area (Å²) in [5, 5.41) is 3.04. The lowest BCUT2D eigenvalue weighted by Crippen LogP contribution is -2.49. The van der Waals surface area contributed by atoms with Gasteiger partial charge in [-0.2, -0.15) is 0 Å². The van der Waals surface area contributed by atoms with Crippen LogP contribution in [0.4, 0.5) is 5.69 Å². The average molecular weight is 441 g/mol. The molecule has 0 aromatic heterocycles. The lowest BCUT2D eigenvalue weighted by atomic mass is 9.63. The third kappa shape index (κ3) is 3.17. The highest BCUT2D eigenvalue weighted by Crippen LogP contribution is 2.65. The first-order valence-electron chi connectivity index (χ1n) is 12.1. The van der Waals surface area contributed by atoms with E-state index in [0.29, 0.717) is 18.3 Å². The summed E-state index contributed by atoms with van der Waals surface area (Å²) >= 11 is 0. The van der Waals surface area contributed by atoms with Gasteiger partial charge in [0.05, 0.1) is 11.8 Å². The Morgan fingerprint density at radius 2 is 1.55 bits per heavy atom. The number of rotatable bonds is 6. The lowest BCUT2D eigenvalue weighted by molar-refractivity contribution is -0.146. The Hall–Kier alpha value is -3.21. The van der Waals surface area contributed by atoms with Crippen LogP contribution in [0.25, 0.3) is 0 Å². The molecule has 0 radical (unpaired) electrons. The molecule has 3 fully saturated rings. The fourth-order valence-electron chi connectivity index (χ4n) is 6.59. The minimum absolute atomic E-state index is 0.146. The van der Waals surface area contributed by atoms with Gasteiger partial charge in [-0.05, 0) is 53.7 Å². The van der Waals surface area contributed by atoms with E-state index in [0.717, 1.165) is 29.7 Å². The molecule has 5 heteroatoms. The molecule has 1 aliphatic heterocycles. The van der Waals surface area contributed by atoms with E-state index >= 15 is 0 Å². The number of hydrogen-bond donors (Lipinski definition) is 1. The maximum Gasteiger partial charge on any atom is 0.248 e. The Morgan fingerprint density at radius 1 is 0.939 bits per heavy atom. The Balaban J connectivity index is 1.34. The van der Waals surface area contributed by atoms with E-state index in [9.17, 15) is 14.4 Å². The Bertz CT molecular complexity index is 1120. The van der Waals surface area contributed by atoms with Gasteiger partial charge in [-0.1, -0.05) is 67.6 Å². The SMILES string of the molecule is CCc1ccccc1NC(=O)[C@@H](Cc1ccccc1)N1C(=O)[C@@H]2[C@@H]3C=C[C@H]([C@H]4C[C@H]34)[C@@H]2C1=O. The number of amides is 3. The van der Waals surface area contributed by atoms with Gasteiger partial charge < -0.3 is 5.32 Å². The number of anilines is 1. The fourth-order valence-corrected chi connectivity index (χ4v) is 6.59. The van der Waals surface area contributed by atoms with E-state index in [2.05, 4.69) is 17.5 Å². The molecule has 0 spiro atoms. The summed E-state index contributed by atoms with van der Waals surface area (Å²) in [6.07, 6.45) is 6.55. The van der Waals surface area contributed by atoms with Crippen molar-refractivity contribution in [1.82, 2.24) is 4.90 Å². The average Bonchev–Trinajstić information content (AvgIpc) is 3.62. The zero-order chi connectivity index (χ0) is 22.7. The number of likely N-dealkylation sites (tertiary alicyclic amines) is 1. The van der Waals surface area contributed by atoms with Crippen molar-refractivity contribution in [2.24, 2.45) is 35.5 Å². The van der Waals surface area contributed by atoms with E-state index in [4.69, 9.17) is 0 Å². The first-order valence-corrected chi connectivity index (χ1v) is 12.1. The van der Waals surface area contributed by atoms with Gasteiger partial charge in [-0.3, -0.25) is 19.3 Å². The van der Waals surface area contributed by atoms with Gasteiger partial charge >= 0.3 is 0 Å². The summed E-state index contributed by atoms with van der Waals surface area (Å²) in [5.41, 5.74) is 2.70. The maximum atomic E-state index is 13.7. The normalized spacial score (nSPS) is 31.8. The highest BCUT2D eigenvalue weighted by atomic mass is 16.2. The molecule has 3 amide bonds. The molecule has 168 valence electrons. The van der Waals surface area contributed by atoms with Crippen LogP contribution in [0.5, 0.6) is 0 Å². The van der Waals surface area contributed by atoms with E-state index in [-0.39, 0.29) is 41.4 Å². The minimum Gasteiger partial charge on any atom is -0.324 e. The first kappa shape index (κ1) is 20.4.